The minimum Gasteiger partial charge on any atom is -0.384 e. The number of anilines is 2. The lowest BCUT2D eigenvalue weighted by molar-refractivity contribution is 0.0986. The van der Waals surface area contributed by atoms with Crippen molar-refractivity contribution in [1.82, 2.24) is 19.9 Å². The molecular formula is C27H33N9O. The Morgan fingerprint density at radius 3 is 2.57 bits per heavy atom. The van der Waals surface area contributed by atoms with E-state index in [1.807, 2.05) is 60.1 Å². The van der Waals surface area contributed by atoms with Gasteiger partial charge in [0.05, 0.1) is 17.6 Å². The van der Waals surface area contributed by atoms with Gasteiger partial charge in [-0.25, -0.2) is 9.97 Å². The van der Waals surface area contributed by atoms with Crippen molar-refractivity contribution in [2.45, 2.75) is 13.0 Å². The van der Waals surface area contributed by atoms with Crippen LogP contribution in [-0.4, -0.2) is 52.5 Å². The largest absolute Gasteiger partial charge is 0.384 e. The fraction of sp³-hybridized carbons (Fsp3) is 0.259. The molecule has 0 aliphatic heterocycles. The van der Waals surface area contributed by atoms with E-state index in [2.05, 4.69) is 15.6 Å². The second kappa shape index (κ2) is 12.1. The number of imidazole rings is 1. The molecular weight excluding hydrogens is 466 g/mol. The van der Waals surface area contributed by atoms with E-state index >= 15 is 0 Å². The summed E-state index contributed by atoms with van der Waals surface area (Å²) in [7, 11) is 1.96. The van der Waals surface area contributed by atoms with E-state index < -0.39 is 0 Å². The summed E-state index contributed by atoms with van der Waals surface area (Å²) in [5, 5.41) is 14.1. The van der Waals surface area contributed by atoms with E-state index in [0.717, 1.165) is 42.1 Å². The zero-order valence-corrected chi connectivity index (χ0v) is 20.9. The highest BCUT2D eigenvalue weighted by Gasteiger charge is 2.20. The summed E-state index contributed by atoms with van der Waals surface area (Å²) in [6.07, 6.45) is 2.47. The molecule has 2 aromatic heterocycles. The van der Waals surface area contributed by atoms with Gasteiger partial charge in [-0.05, 0) is 67.6 Å². The summed E-state index contributed by atoms with van der Waals surface area (Å²) in [5.74, 6) is 1.38. The van der Waals surface area contributed by atoms with Crippen LogP contribution in [0.3, 0.4) is 0 Å². The second-order valence-corrected chi connectivity index (χ2v) is 8.67. The normalized spacial score (nSPS) is 11.0. The van der Waals surface area contributed by atoms with Gasteiger partial charge in [-0.3, -0.25) is 15.1 Å². The number of nitrogens with two attached hydrogens (primary N) is 2. The summed E-state index contributed by atoms with van der Waals surface area (Å²) in [5.41, 5.74) is 14.9. The van der Waals surface area contributed by atoms with Crippen molar-refractivity contribution in [2.75, 3.05) is 36.4 Å². The molecule has 2 heterocycles. The van der Waals surface area contributed by atoms with Crippen molar-refractivity contribution >= 4 is 34.3 Å². The summed E-state index contributed by atoms with van der Waals surface area (Å²) in [6, 6.07) is 18.5. The average molecular weight is 500 g/mol. The average Bonchev–Trinajstić information content (AvgIpc) is 3.24. The highest BCUT2D eigenvalue weighted by atomic mass is 16.2. The molecule has 0 spiro atoms. The number of amides is 1. The van der Waals surface area contributed by atoms with Crippen LogP contribution in [0.5, 0.6) is 0 Å². The first-order valence-corrected chi connectivity index (χ1v) is 12.3. The van der Waals surface area contributed by atoms with E-state index in [1.54, 1.807) is 23.2 Å². The van der Waals surface area contributed by atoms with E-state index in [9.17, 15) is 4.79 Å². The number of aromatic nitrogens is 3. The molecule has 192 valence electrons. The molecule has 0 bridgehead atoms. The van der Waals surface area contributed by atoms with E-state index in [1.165, 1.54) is 0 Å². The molecule has 4 rings (SSSR count). The summed E-state index contributed by atoms with van der Waals surface area (Å²) < 4.78 is 2.01. The third kappa shape index (κ3) is 6.29. The maximum absolute atomic E-state index is 13.6. The van der Waals surface area contributed by atoms with E-state index in [-0.39, 0.29) is 11.7 Å². The summed E-state index contributed by atoms with van der Waals surface area (Å²) in [6.45, 7) is 3.13. The predicted molar refractivity (Wildman–Crippen MR) is 148 cm³/mol. The number of fused-ring (bicyclic) bond motifs is 1. The molecule has 0 radical (unpaired) electrons. The molecule has 0 fully saturated rings. The first-order chi connectivity index (χ1) is 18.0. The molecule has 0 saturated heterocycles. The maximum Gasteiger partial charge on any atom is 0.259 e. The summed E-state index contributed by atoms with van der Waals surface area (Å²) in [4.78, 5) is 24.5. The molecule has 10 heteroatoms. The highest BCUT2D eigenvalue weighted by molar-refractivity contribution is 6.07. The van der Waals surface area contributed by atoms with Crippen molar-refractivity contribution in [3.63, 3.8) is 0 Å². The fourth-order valence-electron chi connectivity index (χ4n) is 4.07. The molecule has 0 atom stereocenters. The molecule has 1 amide bonds. The van der Waals surface area contributed by atoms with Gasteiger partial charge in [0.25, 0.3) is 5.91 Å². The molecule has 37 heavy (non-hydrogen) atoms. The Morgan fingerprint density at radius 2 is 1.86 bits per heavy atom. The first-order valence-electron chi connectivity index (χ1n) is 12.3. The van der Waals surface area contributed by atoms with Gasteiger partial charge < -0.3 is 26.7 Å². The Labute approximate surface area is 216 Å². The van der Waals surface area contributed by atoms with Gasteiger partial charge in [0.15, 0.2) is 0 Å². The number of nitrogens with zero attached hydrogens (tertiary/aromatic N) is 4. The molecule has 0 saturated carbocycles. The SMILES string of the molecule is Cn1c(CNc2ccc(C(=N)N)cc2)nc2cc(C(=O)N(CCCNCCN)c3ccccn3)ccc21. The van der Waals surface area contributed by atoms with Crippen LogP contribution < -0.4 is 27.0 Å². The van der Waals surface area contributed by atoms with Gasteiger partial charge in [-0.2, -0.15) is 0 Å². The number of nitrogen functional groups attached to an aromatic ring is 1. The number of aryl methyl sites for hydroxylation is 1. The number of carbonyl (C=O) groups excluding carboxylic acids is 1. The molecule has 0 aliphatic rings. The zero-order chi connectivity index (χ0) is 26.2. The van der Waals surface area contributed by atoms with Crippen LogP contribution in [0.4, 0.5) is 11.5 Å². The van der Waals surface area contributed by atoms with Crippen LogP contribution in [0.2, 0.25) is 0 Å². The van der Waals surface area contributed by atoms with Gasteiger partial charge in [0.2, 0.25) is 0 Å². The predicted octanol–water partition coefficient (Wildman–Crippen LogP) is 2.45. The molecule has 4 aromatic rings. The van der Waals surface area contributed by atoms with Crippen LogP contribution in [0.15, 0.2) is 66.9 Å². The second-order valence-electron chi connectivity index (χ2n) is 8.67. The quantitative estimate of drug-likeness (QED) is 0.114. The monoisotopic (exact) mass is 499 g/mol. The fourth-order valence-corrected chi connectivity index (χ4v) is 4.07. The topological polar surface area (TPSA) is 151 Å². The van der Waals surface area contributed by atoms with Gasteiger partial charge >= 0.3 is 0 Å². The molecule has 0 aliphatic carbocycles. The lowest BCUT2D eigenvalue weighted by Gasteiger charge is -2.22. The Balaban J connectivity index is 1.51. The number of rotatable bonds is 12. The number of nitrogens with one attached hydrogen (secondary N) is 3. The van der Waals surface area contributed by atoms with Crippen LogP contribution in [0, 0.1) is 5.41 Å². The Hall–Kier alpha value is -4.28. The van der Waals surface area contributed by atoms with Gasteiger partial charge in [0.1, 0.15) is 17.5 Å². The Morgan fingerprint density at radius 1 is 1.08 bits per heavy atom. The van der Waals surface area contributed by atoms with Crippen molar-refractivity contribution in [3.05, 3.63) is 83.8 Å². The van der Waals surface area contributed by atoms with Gasteiger partial charge in [-0.15, -0.1) is 0 Å². The highest BCUT2D eigenvalue weighted by Crippen LogP contribution is 2.21. The summed E-state index contributed by atoms with van der Waals surface area (Å²) >= 11 is 0. The van der Waals surface area contributed by atoms with E-state index in [4.69, 9.17) is 21.9 Å². The van der Waals surface area contributed by atoms with Gasteiger partial charge in [0, 0.05) is 49.7 Å². The Bertz CT molecular complexity index is 1350. The lowest BCUT2D eigenvalue weighted by atomic mass is 10.1. The number of amidine groups is 1. The molecule has 7 N–H and O–H groups in total. The number of benzene rings is 2. The number of hydrogen-bond donors (Lipinski definition) is 5. The Kier molecular flexibility index (Phi) is 8.44. The van der Waals surface area contributed by atoms with Crippen molar-refractivity contribution in [1.29, 1.82) is 5.41 Å². The maximum atomic E-state index is 13.6. The number of carbonyl (C=O) groups is 1. The third-order valence-corrected chi connectivity index (χ3v) is 6.09. The van der Waals surface area contributed by atoms with Crippen LogP contribution >= 0.6 is 0 Å². The molecule has 10 nitrogen and oxygen atoms in total. The van der Waals surface area contributed by atoms with Crippen molar-refractivity contribution < 1.29 is 4.79 Å². The lowest BCUT2D eigenvalue weighted by Crippen LogP contribution is -2.34. The minimum atomic E-state index is -0.115. The standard InChI is InChI=1S/C27H33N9O/c1-35-23-11-8-20(27(37)36(16-4-13-31-15-12-28)24-5-2-3-14-32-24)17-22(23)34-25(35)18-33-21-9-6-19(7-10-21)26(29)30/h2-3,5-11,14,17,31,33H,4,12-13,15-16,18,28H2,1H3,(H3,29,30). The van der Waals surface area contributed by atoms with Crippen LogP contribution in [0.25, 0.3) is 11.0 Å². The van der Waals surface area contributed by atoms with Crippen LogP contribution in [-0.2, 0) is 13.6 Å². The smallest absolute Gasteiger partial charge is 0.259 e. The van der Waals surface area contributed by atoms with Crippen molar-refractivity contribution in [2.24, 2.45) is 18.5 Å². The third-order valence-electron chi connectivity index (χ3n) is 6.09. The molecule has 0 unspecified atom stereocenters. The first kappa shape index (κ1) is 25.8. The van der Waals surface area contributed by atoms with E-state index in [0.29, 0.717) is 36.6 Å². The van der Waals surface area contributed by atoms with Crippen molar-refractivity contribution in [3.8, 4) is 0 Å². The zero-order valence-electron chi connectivity index (χ0n) is 20.9. The van der Waals surface area contributed by atoms with Gasteiger partial charge in [-0.1, -0.05) is 6.07 Å². The minimum absolute atomic E-state index is 0.0390. The number of pyridine rings is 1. The molecule has 2 aromatic carbocycles. The number of hydrogen-bond acceptors (Lipinski definition) is 7. The van der Waals surface area contributed by atoms with Crippen LogP contribution in [0.1, 0.15) is 28.2 Å².